The molecule has 0 aliphatic rings. The molecule has 0 bridgehead atoms. The van der Waals surface area contributed by atoms with Crippen molar-refractivity contribution >= 4 is 16.9 Å². The van der Waals surface area contributed by atoms with E-state index in [2.05, 4.69) is 15.2 Å². The van der Waals surface area contributed by atoms with Crippen LogP contribution in [0.1, 0.15) is 16.2 Å². The van der Waals surface area contributed by atoms with Crippen LogP contribution >= 0.6 is 0 Å². The number of benzene rings is 1. The minimum absolute atomic E-state index is 0.000142. The third-order valence-corrected chi connectivity index (χ3v) is 3.03. The van der Waals surface area contributed by atoms with Crippen LogP contribution in [0, 0.1) is 12.7 Å². The van der Waals surface area contributed by atoms with Gasteiger partial charge in [0.1, 0.15) is 11.5 Å². The number of H-pyrrole nitrogens is 2. The first-order valence-electron chi connectivity index (χ1n) is 5.64. The van der Waals surface area contributed by atoms with Crippen molar-refractivity contribution in [2.75, 3.05) is 0 Å². The maximum atomic E-state index is 13.7. The molecule has 0 atom stereocenters. The third kappa shape index (κ3) is 1.69. The number of aromatic nitrogens is 3. The highest BCUT2D eigenvalue weighted by molar-refractivity contribution is 5.98. The first-order chi connectivity index (χ1) is 9.08. The molecular weight excluding hydrogens is 249 g/mol. The molecule has 3 rings (SSSR count). The van der Waals surface area contributed by atoms with Crippen LogP contribution in [0.15, 0.2) is 24.3 Å². The van der Waals surface area contributed by atoms with Crippen molar-refractivity contribution in [2.45, 2.75) is 6.92 Å². The molecular formula is C13H10FN3O2. The molecule has 0 amide bonds. The van der Waals surface area contributed by atoms with Gasteiger partial charge in [-0.15, -0.1) is 0 Å². The van der Waals surface area contributed by atoms with E-state index in [1.54, 1.807) is 19.1 Å². The number of aryl methyl sites for hydroxylation is 1. The number of rotatable bonds is 2. The average Bonchev–Trinajstić information content (AvgIpc) is 2.93. The van der Waals surface area contributed by atoms with Gasteiger partial charge in [0.05, 0.1) is 11.2 Å². The van der Waals surface area contributed by atoms with E-state index in [4.69, 9.17) is 5.11 Å². The summed E-state index contributed by atoms with van der Waals surface area (Å²) in [4.78, 5) is 13.8. The van der Waals surface area contributed by atoms with Gasteiger partial charge in [-0.05, 0) is 19.1 Å². The summed E-state index contributed by atoms with van der Waals surface area (Å²) in [5.74, 6) is -1.43. The lowest BCUT2D eigenvalue weighted by Gasteiger charge is -1.96. The molecule has 3 aromatic rings. The zero-order chi connectivity index (χ0) is 13.6. The smallest absolute Gasteiger partial charge is 0.353 e. The predicted octanol–water partition coefficient (Wildman–Crippen LogP) is 2.70. The normalized spacial score (nSPS) is 11.1. The first-order valence-corrected chi connectivity index (χ1v) is 5.64. The van der Waals surface area contributed by atoms with Gasteiger partial charge in [0.15, 0.2) is 0 Å². The Morgan fingerprint density at radius 2 is 2.21 bits per heavy atom. The minimum atomic E-state index is -1.08. The van der Waals surface area contributed by atoms with Crippen LogP contribution in [0.4, 0.5) is 4.39 Å². The van der Waals surface area contributed by atoms with E-state index >= 15 is 0 Å². The van der Waals surface area contributed by atoms with Gasteiger partial charge in [-0.3, -0.25) is 5.10 Å². The number of carbonyl (C=O) groups is 1. The molecule has 0 aliphatic carbocycles. The van der Waals surface area contributed by atoms with Crippen LogP contribution in [0.2, 0.25) is 0 Å². The highest BCUT2D eigenvalue weighted by Crippen LogP contribution is 2.32. The number of halogens is 1. The van der Waals surface area contributed by atoms with Crippen LogP contribution < -0.4 is 0 Å². The molecule has 0 fully saturated rings. The summed E-state index contributed by atoms with van der Waals surface area (Å²) >= 11 is 0. The van der Waals surface area contributed by atoms with Crippen molar-refractivity contribution in [3.05, 3.63) is 41.5 Å². The summed E-state index contributed by atoms with van der Waals surface area (Å²) in [6.45, 7) is 1.80. The predicted molar refractivity (Wildman–Crippen MR) is 67.5 cm³/mol. The summed E-state index contributed by atoms with van der Waals surface area (Å²) in [5, 5.41) is 16.0. The molecule has 0 unspecified atom stereocenters. The van der Waals surface area contributed by atoms with Crippen molar-refractivity contribution < 1.29 is 14.3 Å². The SMILES string of the molecule is Cc1[nH]c2c(F)cccc2c1-c1cc(C(=O)O)[nH]n1. The van der Waals surface area contributed by atoms with Crippen LogP contribution in [0.5, 0.6) is 0 Å². The van der Waals surface area contributed by atoms with Gasteiger partial charge >= 0.3 is 5.97 Å². The third-order valence-electron chi connectivity index (χ3n) is 3.03. The van der Waals surface area contributed by atoms with Crippen LogP contribution in [-0.2, 0) is 0 Å². The molecule has 0 saturated heterocycles. The summed E-state index contributed by atoms with van der Waals surface area (Å²) < 4.78 is 13.7. The highest BCUT2D eigenvalue weighted by Gasteiger charge is 2.17. The van der Waals surface area contributed by atoms with Crippen LogP contribution in [-0.4, -0.2) is 26.3 Å². The van der Waals surface area contributed by atoms with E-state index in [1.165, 1.54) is 12.1 Å². The molecule has 5 nitrogen and oxygen atoms in total. The Hall–Kier alpha value is -2.63. The molecule has 2 aromatic heterocycles. The molecule has 0 radical (unpaired) electrons. The lowest BCUT2D eigenvalue weighted by atomic mass is 10.1. The van der Waals surface area contributed by atoms with Gasteiger partial charge in [-0.2, -0.15) is 5.10 Å². The van der Waals surface area contributed by atoms with E-state index in [1.807, 2.05) is 0 Å². The lowest BCUT2D eigenvalue weighted by Crippen LogP contribution is -1.95. The van der Waals surface area contributed by atoms with E-state index in [9.17, 15) is 9.18 Å². The monoisotopic (exact) mass is 259 g/mol. The van der Waals surface area contributed by atoms with Crippen molar-refractivity contribution in [3.8, 4) is 11.3 Å². The molecule has 3 N–H and O–H groups in total. The van der Waals surface area contributed by atoms with Gasteiger partial charge in [0.2, 0.25) is 0 Å². The topological polar surface area (TPSA) is 81.8 Å². The zero-order valence-corrected chi connectivity index (χ0v) is 9.99. The molecule has 0 spiro atoms. The maximum Gasteiger partial charge on any atom is 0.353 e. The molecule has 96 valence electrons. The van der Waals surface area contributed by atoms with Crippen LogP contribution in [0.25, 0.3) is 22.2 Å². The lowest BCUT2D eigenvalue weighted by molar-refractivity contribution is 0.0690. The summed E-state index contributed by atoms with van der Waals surface area (Å²) in [7, 11) is 0. The summed E-state index contributed by atoms with van der Waals surface area (Å²) in [5.41, 5.74) is 2.32. The minimum Gasteiger partial charge on any atom is -0.477 e. The van der Waals surface area contributed by atoms with E-state index in [0.29, 0.717) is 22.2 Å². The molecule has 2 heterocycles. The molecule has 19 heavy (non-hydrogen) atoms. The number of hydrogen-bond donors (Lipinski definition) is 3. The van der Waals surface area contributed by atoms with E-state index < -0.39 is 5.97 Å². The number of carboxylic acid groups (broad SMARTS) is 1. The standard InChI is InChI=1S/C13H10FN3O2/c1-6-11(9-5-10(13(18)19)17-16-9)7-3-2-4-8(14)12(7)15-6/h2-5,15H,1H3,(H,16,17)(H,18,19). The average molecular weight is 259 g/mol. The van der Waals surface area contributed by atoms with Gasteiger partial charge in [-0.25, -0.2) is 9.18 Å². The second-order valence-corrected chi connectivity index (χ2v) is 4.26. The molecule has 1 aromatic carbocycles. The van der Waals surface area contributed by atoms with Gasteiger partial charge in [0, 0.05) is 16.6 Å². The van der Waals surface area contributed by atoms with Gasteiger partial charge in [0.25, 0.3) is 0 Å². The van der Waals surface area contributed by atoms with Crippen molar-refractivity contribution in [1.29, 1.82) is 0 Å². The Balaban J connectivity index is 2.26. The second kappa shape index (κ2) is 3.94. The number of aromatic amines is 2. The van der Waals surface area contributed by atoms with E-state index in [0.717, 1.165) is 5.69 Å². The fourth-order valence-electron chi connectivity index (χ4n) is 2.20. The van der Waals surface area contributed by atoms with E-state index in [-0.39, 0.29) is 11.5 Å². The largest absolute Gasteiger partial charge is 0.477 e. The zero-order valence-electron chi connectivity index (χ0n) is 9.99. The number of carboxylic acids is 1. The number of nitrogens with one attached hydrogen (secondary N) is 2. The quantitative estimate of drug-likeness (QED) is 0.661. The molecule has 6 heteroatoms. The molecule has 0 saturated carbocycles. The van der Waals surface area contributed by atoms with Crippen LogP contribution in [0.3, 0.4) is 0 Å². The molecule has 0 aliphatic heterocycles. The van der Waals surface area contributed by atoms with Crippen molar-refractivity contribution in [2.24, 2.45) is 0 Å². The summed E-state index contributed by atoms with van der Waals surface area (Å²) in [6.07, 6.45) is 0. The number of hydrogen-bond acceptors (Lipinski definition) is 2. The number of aromatic carboxylic acids is 1. The Morgan fingerprint density at radius 3 is 2.89 bits per heavy atom. The van der Waals surface area contributed by atoms with Gasteiger partial charge in [-0.1, -0.05) is 12.1 Å². The fraction of sp³-hybridized carbons (Fsp3) is 0.0769. The highest BCUT2D eigenvalue weighted by atomic mass is 19.1. The second-order valence-electron chi connectivity index (χ2n) is 4.26. The Labute approximate surface area is 107 Å². The van der Waals surface area contributed by atoms with Gasteiger partial charge < -0.3 is 10.1 Å². The fourth-order valence-corrected chi connectivity index (χ4v) is 2.20. The summed E-state index contributed by atoms with van der Waals surface area (Å²) in [6, 6.07) is 6.18. The number of para-hydroxylation sites is 1. The number of fused-ring (bicyclic) bond motifs is 1. The van der Waals surface area contributed by atoms with Crippen molar-refractivity contribution in [1.82, 2.24) is 15.2 Å². The first kappa shape index (κ1) is 11.5. The number of nitrogens with zero attached hydrogens (tertiary/aromatic N) is 1. The Kier molecular flexibility index (Phi) is 2.38. The Bertz CT molecular complexity index is 788. The Morgan fingerprint density at radius 1 is 1.42 bits per heavy atom. The van der Waals surface area contributed by atoms with Crippen molar-refractivity contribution in [3.63, 3.8) is 0 Å². The maximum absolute atomic E-state index is 13.7.